The van der Waals surface area contributed by atoms with Gasteiger partial charge < -0.3 is 24.1 Å². The van der Waals surface area contributed by atoms with Crippen LogP contribution in [0.3, 0.4) is 0 Å². The molecule has 1 heterocycles. The summed E-state index contributed by atoms with van der Waals surface area (Å²) >= 11 is 0. The maximum atomic E-state index is 12.9. The van der Waals surface area contributed by atoms with Gasteiger partial charge in [0.05, 0.1) is 16.7 Å². The lowest BCUT2D eigenvalue weighted by Crippen LogP contribution is -2.51. The average molecular weight is 503 g/mol. The second kappa shape index (κ2) is 11.6. The molecule has 0 radical (unpaired) electrons. The standard InChI is InChI=1S/C29H26O8/c1-2-18-29(33)24(36-26(31)21-14-8-4-9-15-21)23(19-34-25(30)20-12-6-3-7-13-20)35-28(29)37-27(32)22-16-10-5-11-17-22/h2-17,23-24,28,33H,1,18-19H2/t23-,24-,28-,29-/m1/s1. The van der Waals surface area contributed by atoms with Gasteiger partial charge in [0.15, 0.2) is 11.7 Å². The molecule has 0 bridgehead atoms. The number of aliphatic hydroxyl groups is 1. The Hall–Kier alpha value is -4.27. The zero-order valence-corrected chi connectivity index (χ0v) is 19.9. The fraction of sp³-hybridized carbons (Fsp3) is 0.207. The van der Waals surface area contributed by atoms with Gasteiger partial charge in [0.25, 0.3) is 0 Å². The van der Waals surface area contributed by atoms with Gasteiger partial charge in [-0.05, 0) is 36.4 Å². The van der Waals surface area contributed by atoms with Crippen LogP contribution in [0.2, 0.25) is 0 Å². The van der Waals surface area contributed by atoms with Crippen LogP contribution >= 0.6 is 0 Å². The van der Waals surface area contributed by atoms with Gasteiger partial charge in [-0.15, -0.1) is 6.58 Å². The number of esters is 3. The van der Waals surface area contributed by atoms with Crippen LogP contribution in [-0.4, -0.2) is 53.7 Å². The van der Waals surface area contributed by atoms with Gasteiger partial charge in [-0.1, -0.05) is 60.7 Å². The monoisotopic (exact) mass is 502 g/mol. The summed E-state index contributed by atoms with van der Waals surface area (Å²) in [7, 11) is 0. The predicted octanol–water partition coefficient (Wildman–Crippen LogP) is 3.96. The molecule has 0 amide bonds. The zero-order chi connectivity index (χ0) is 26.3. The van der Waals surface area contributed by atoms with E-state index < -0.39 is 42.0 Å². The summed E-state index contributed by atoms with van der Waals surface area (Å²) in [6.45, 7) is 3.29. The van der Waals surface area contributed by atoms with E-state index in [1.807, 2.05) is 0 Å². The van der Waals surface area contributed by atoms with Gasteiger partial charge in [-0.25, -0.2) is 14.4 Å². The summed E-state index contributed by atoms with van der Waals surface area (Å²) < 4.78 is 22.5. The minimum atomic E-state index is -2.00. The molecule has 3 aromatic carbocycles. The van der Waals surface area contributed by atoms with E-state index in [1.165, 1.54) is 6.08 Å². The summed E-state index contributed by atoms with van der Waals surface area (Å²) in [5.74, 6) is -2.11. The quantitative estimate of drug-likeness (QED) is 0.266. The normalized spacial score (nSPS) is 22.6. The number of ether oxygens (including phenoxy) is 4. The van der Waals surface area contributed by atoms with Crippen molar-refractivity contribution >= 4 is 17.9 Å². The Morgan fingerprint density at radius 3 is 1.73 bits per heavy atom. The van der Waals surface area contributed by atoms with Crippen LogP contribution in [-0.2, 0) is 18.9 Å². The molecule has 37 heavy (non-hydrogen) atoms. The molecule has 0 saturated carbocycles. The number of rotatable bonds is 9. The highest BCUT2D eigenvalue weighted by Gasteiger charge is 2.60. The molecule has 1 fully saturated rings. The molecule has 8 nitrogen and oxygen atoms in total. The number of carbonyl (C=O) groups is 3. The molecule has 0 unspecified atom stereocenters. The summed E-state index contributed by atoms with van der Waals surface area (Å²) in [6.07, 6.45) is -2.77. The highest BCUT2D eigenvalue weighted by atomic mass is 16.7. The lowest BCUT2D eigenvalue weighted by molar-refractivity contribution is -0.178. The van der Waals surface area contributed by atoms with Gasteiger partial charge in [-0.2, -0.15) is 0 Å². The first-order valence-electron chi connectivity index (χ1n) is 11.7. The molecule has 1 saturated heterocycles. The zero-order valence-electron chi connectivity index (χ0n) is 19.9. The van der Waals surface area contributed by atoms with Crippen molar-refractivity contribution in [3.63, 3.8) is 0 Å². The van der Waals surface area contributed by atoms with E-state index in [0.29, 0.717) is 5.56 Å². The van der Waals surface area contributed by atoms with E-state index in [2.05, 4.69) is 6.58 Å². The smallest absolute Gasteiger partial charge is 0.340 e. The lowest BCUT2D eigenvalue weighted by atomic mass is 9.91. The van der Waals surface area contributed by atoms with Crippen LogP contribution in [0.1, 0.15) is 37.5 Å². The largest absolute Gasteiger partial charge is 0.459 e. The van der Waals surface area contributed by atoms with E-state index in [4.69, 9.17) is 18.9 Å². The van der Waals surface area contributed by atoms with Crippen LogP contribution in [0.4, 0.5) is 0 Å². The molecular weight excluding hydrogens is 476 g/mol. The van der Waals surface area contributed by atoms with E-state index in [-0.39, 0.29) is 24.2 Å². The first-order valence-corrected chi connectivity index (χ1v) is 11.7. The molecule has 1 aliphatic heterocycles. The lowest BCUT2D eigenvalue weighted by Gasteiger charge is -2.31. The van der Waals surface area contributed by atoms with Crippen molar-refractivity contribution < 1.29 is 38.4 Å². The van der Waals surface area contributed by atoms with Crippen molar-refractivity contribution in [2.45, 2.75) is 30.5 Å². The number of hydrogen-bond acceptors (Lipinski definition) is 8. The Labute approximate surface area is 214 Å². The molecule has 0 aromatic heterocycles. The third kappa shape index (κ3) is 5.94. The predicted molar refractivity (Wildman–Crippen MR) is 133 cm³/mol. The molecule has 3 aromatic rings. The topological polar surface area (TPSA) is 108 Å². The SMILES string of the molecule is C=CC[C@]1(O)[C@@H](OC(=O)c2ccccc2)O[C@H](COC(=O)c2ccccc2)[C@H]1OC(=O)c1ccccc1. The second-order valence-corrected chi connectivity index (χ2v) is 8.42. The van der Waals surface area contributed by atoms with Gasteiger partial charge in [0.2, 0.25) is 6.29 Å². The van der Waals surface area contributed by atoms with Gasteiger partial charge >= 0.3 is 17.9 Å². The summed E-state index contributed by atoms with van der Waals surface area (Å²) in [5.41, 5.74) is -1.20. The van der Waals surface area contributed by atoms with Gasteiger partial charge in [0, 0.05) is 6.42 Å². The molecule has 4 atom stereocenters. The van der Waals surface area contributed by atoms with E-state index in [0.717, 1.165) is 0 Å². The number of carbonyl (C=O) groups excluding carboxylic acids is 3. The van der Waals surface area contributed by atoms with E-state index >= 15 is 0 Å². The van der Waals surface area contributed by atoms with E-state index in [9.17, 15) is 19.5 Å². The third-order valence-electron chi connectivity index (χ3n) is 5.86. The molecule has 1 N–H and O–H groups in total. The van der Waals surface area contributed by atoms with Crippen molar-refractivity contribution in [3.8, 4) is 0 Å². The van der Waals surface area contributed by atoms with Crippen LogP contribution in [0.15, 0.2) is 104 Å². The Morgan fingerprint density at radius 1 is 0.784 bits per heavy atom. The fourth-order valence-electron chi connectivity index (χ4n) is 3.99. The molecule has 4 rings (SSSR count). The minimum absolute atomic E-state index is 0.143. The average Bonchev–Trinajstić information content (AvgIpc) is 3.18. The highest BCUT2D eigenvalue weighted by Crippen LogP contribution is 2.38. The van der Waals surface area contributed by atoms with Crippen LogP contribution < -0.4 is 0 Å². The maximum Gasteiger partial charge on any atom is 0.340 e. The van der Waals surface area contributed by atoms with Crippen molar-refractivity contribution in [1.82, 2.24) is 0 Å². The maximum absolute atomic E-state index is 12.9. The van der Waals surface area contributed by atoms with Crippen molar-refractivity contribution in [3.05, 3.63) is 120 Å². The molecule has 1 aliphatic rings. The summed E-state index contributed by atoms with van der Waals surface area (Å²) in [6, 6.07) is 24.7. The summed E-state index contributed by atoms with van der Waals surface area (Å²) in [5, 5.41) is 11.7. The molecule has 190 valence electrons. The summed E-state index contributed by atoms with van der Waals surface area (Å²) in [4.78, 5) is 38.2. The van der Waals surface area contributed by atoms with Crippen molar-refractivity contribution in [2.75, 3.05) is 6.61 Å². The third-order valence-corrected chi connectivity index (χ3v) is 5.86. The fourth-order valence-corrected chi connectivity index (χ4v) is 3.99. The Kier molecular flexibility index (Phi) is 8.12. The first-order chi connectivity index (χ1) is 17.9. The Bertz CT molecular complexity index is 1230. The Morgan fingerprint density at radius 2 is 1.24 bits per heavy atom. The van der Waals surface area contributed by atoms with Gasteiger partial charge in [-0.3, -0.25) is 0 Å². The second-order valence-electron chi connectivity index (χ2n) is 8.42. The van der Waals surface area contributed by atoms with E-state index in [1.54, 1.807) is 91.0 Å². The minimum Gasteiger partial charge on any atom is -0.459 e. The molecule has 0 aliphatic carbocycles. The van der Waals surface area contributed by atoms with Crippen LogP contribution in [0.5, 0.6) is 0 Å². The van der Waals surface area contributed by atoms with Crippen LogP contribution in [0, 0.1) is 0 Å². The van der Waals surface area contributed by atoms with Crippen LogP contribution in [0.25, 0.3) is 0 Å². The van der Waals surface area contributed by atoms with Crippen molar-refractivity contribution in [1.29, 1.82) is 0 Å². The molecule has 8 heteroatoms. The molecule has 0 spiro atoms. The highest BCUT2D eigenvalue weighted by molar-refractivity contribution is 5.90. The van der Waals surface area contributed by atoms with Crippen molar-refractivity contribution in [2.24, 2.45) is 0 Å². The van der Waals surface area contributed by atoms with Gasteiger partial charge in [0.1, 0.15) is 12.7 Å². The number of benzene rings is 3. The molecular formula is C29H26O8. The number of hydrogen-bond donors (Lipinski definition) is 1. The Balaban J connectivity index is 1.59. The first kappa shape index (κ1) is 25.8.